The fraction of sp³-hybridized carbons (Fsp3) is 0.831. The van der Waals surface area contributed by atoms with Crippen molar-refractivity contribution in [1.29, 1.82) is 0 Å². The lowest BCUT2D eigenvalue weighted by Crippen LogP contribution is -2.70. The Morgan fingerprint density at radius 1 is 0.549 bits per heavy atom. The molecule has 0 saturated carbocycles. The van der Waals surface area contributed by atoms with Crippen molar-refractivity contribution in [3.05, 3.63) is 35.9 Å². The fourth-order valence-corrected chi connectivity index (χ4v) is 10.0. The van der Waals surface area contributed by atoms with Gasteiger partial charge in [0.25, 0.3) is 0 Å². The smallest absolute Gasteiger partial charge is 0.303 e. The van der Waals surface area contributed by atoms with Crippen LogP contribution in [0.3, 0.4) is 0 Å². The van der Waals surface area contributed by atoms with Crippen LogP contribution in [0, 0.1) is 0 Å². The Morgan fingerprint density at radius 2 is 0.958 bits per heavy atom. The Balaban J connectivity index is 2.08. The summed E-state index contributed by atoms with van der Waals surface area (Å²) < 4.78 is 6.31. The number of nitrogens with one attached hydrogen (secondary N) is 2. The first-order valence-corrected chi connectivity index (χ1v) is 29.4. The van der Waals surface area contributed by atoms with Gasteiger partial charge in [-0.3, -0.25) is 19.2 Å². The van der Waals surface area contributed by atoms with Crippen LogP contribution in [0.4, 0.5) is 0 Å². The second-order valence-electron chi connectivity index (χ2n) is 21.0. The van der Waals surface area contributed by atoms with Gasteiger partial charge in [-0.15, -0.1) is 0 Å². The Labute approximate surface area is 432 Å². The summed E-state index contributed by atoms with van der Waals surface area (Å²) in [6.07, 6.45) is 35.5. The van der Waals surface area contributed by atoms with Crippen molar-refractivity contribution >= 4 is 23.7 Å². The van der Waals surface area contributed by atoms with Gasteiger partial charge in [-0.1, -0.05) is 243 Å². The van der Waals surface area contributed by atoms with E-state index in [-0.39, 0.29) is 37.5 Å². The molecule has 0 unspecified atom stereocenters. The van der Waals surface area contributed by atoms with Gasteiger partial charge >= 0.3 is 5.97 Å². The Hall–Kier alpha value is -3.06. The van der Waals surface area contributed by atoms with Crippen molar-refractivity contribution in [3.8, 4) is 0 Å². The van der Waals surface area contributed by atoms with Crippen molar-refractivity contribution in [2.75, 3.05) is 13.2 Å². The van der Waals surface area contributed by atoms with E-state index in [9.17, 15) is 34.5 Å². The quantitative estimate of drug-likeness (QED) is 0.0346. The van der Waals surface area contributed by atoms with Crippen LogP contribution in [0.5, 0.6) is 0 Å². The molecule has 0 radical (unpaired) electrons. The number of rotatable bonds is 47. The lowest BCUT2D eigenvalue weighted by molar-refractivity contribution is -0.231. The molecule has 1 aromatic rings. The molecule has 12 nitrogen and oxygen atoms in total. The van der Waals surface area contributed by atoms with Gasteiger partial charge in [-0.2, -0.15) is 0 Å². The molecule has 71 heavy (non-hydrogen) atoms. The van der Waals surface area contributed by atoms with Crippen molar-refractivity contribution in [2.24, 2.45) is 0 Å². The van der Waals surface area contributed by atoms with Gasteiger partial charge < -0.3 is 40.7 Å². The third kappa shape index (κ3) is 31.3. The molecule has 1 aliphatic heterocycles. The molecule has 1 aromatic carbocycles. The molecule has 3 amide bonds. The highest BCUT2D eigenvalue weighted by Gasteiger charge is 2.48. The molecule has 410 valence electrons. The molecule has 0 aliphatic carbocycles. The maximum absolute atomic E-state index is 14.3. The SMILES string of the molecule is CCCCCCCCCCCCCCCCCCN(C(=O)CCCCCCCCCCCCCCCCC)[C@@H]1O[C@H](CO)[C@@H](O)[C@H](O)[C@H]1NC(=O)[C@H](Cc1ccccc1)NC(=O)CCCCCCC(=O)O. The lowest BCUT2D eigenvalue weighted by atomic mass is 9.94. The normalized spacial score (nSPS) is 18.3. The predicted octanol–water partition coefficient (Wildman–Crippen LogP) is 12.4. The molecule has 6 atom stereocenters. The lowest BCUT2D eigenvalue weighted by Gasteiger charge is -2.47. The summed E-state index contributed by atoms with van der Waals surface area (Å²) in [4.78, 5) is 54.5. The summed E-state index contributed by atoms with van der Waals surface area (Å²) >= 11 is 0. The van der Waals surface area contributed by atoms with Crippen LogP contribution in [0.15, 0.2) is 30.3 Å². The predicted molar refractivity (Wildman–Crippen MR) is 288 cm³/mol. The molecule has 0 aromatic heterocycles. The number of carbonyl (C=O) groups excluding carboxylic acids is 3. The number of carboxylic acid groups (broad SMARTS) is 1. The molecule has 2 rings (SSSR count). The summed E-state index contributed by atoms with van der Waals surface area (Å²) in [6, 6.07) is 7.02. The van der Waals surface area contributed by atoms with E-state index in [1.165, 1.54) is 148 Å². The molecule has 6 N–H and O–H groups in total. The van der Waals surface area contributed by atoms with Gasteiger partial charge in [0.2, 0.25) is 17.7 Å². The van der Waals surface area contributed by atoms with Crippen LogP contribution in [0.1, 0.15) is 263 Å². The number of amides is 3. The van der Waals surface area contributed by atoms with E-state index >= 15 is 0 Å². The highest BCUT2D eigenvalue weighted by Crippen LogP contribution is 2.27. The summed E-state index contributed by atoms with van der Waals surface area (Å²) in [5.41, 5.74) is 0.808. The monoisotopic (exact) mass is 1000 g/mol. The van der Waals surface area contributed by atoms with Crippen LogP contribution < -0.4 is 10.6 Å². The molecular formula is C59H105N3O9. The summed E-state index contributed by atoms with van der Waals surface area (Å²) in [7, 11) is 0. The molecule has 1 aliphatic rings. The van der Waals surface area contributed by atoms with Gasteiger partial charge in [0.05, 0.1) is 6.61 Å². The second kappa shape index (κ2) is 43.4. The van der Waals surface area contributed by atoms with Gasteiger partial charge in [0.15, 0.2) is 6.23 Å². The third-order valence-corrected chi connectivity index (χ3v) is 14.6. The highest BCUT2D eigenvalue weighted by molar-refractivity contribution is 5.88. The number of nitrogens with zero attached hydrogens (tertiary/aromatic N) is 1. The minimum atomic E-state index is -1.57. The molecule has 12 heteroatoms. The Kier molecular flexibility index (Phi) is 39.1. The largest absolute Gasteiger partial charge is 0.481 e. The van der Waals surface area contributed by atoms with Crippen LogP contribution in [-0.4, -0.2) is 98.8 Å². The average Bonchev–Trinajstić information content (AvgIpc) is 3.36. The Morgan fingerprint density at radius 3 is 1.39 bits per heavy atom. The summed E-state index contributed by atoms with van der Waals surface area (Å²) in [5.74, 6) is -1.92. The number of aliphatic carboxylic acids is 1. The summed E-state index contributed by atoms with van der Waals surface area (Å²) in [5, 5.41) is 47.9. The van der Waals surface area contributed by atoms with Gasteiger partial charge in [-0.25, -0.2) is 0 Å². The first-order valence-electron chi connectivity index (χ1n) is 29.4. The van der Waals surface area contributed by atoms with E-state index < -0.39 is 55.1 Å². The molecule has 0 spiro atoms. The number of hydrogen-bond donors (Lipinski definition) is 6. The molecule has 1 heterocycles. The van der Waals surface area contributed by atoms with E-state index in [1.807, 2.05) is 30.3 Å². The second-order valence-corrected chi connectivity index (χ2v) is 21.0. The van der Waals surface area contributed by atoms with Crippen molar-refractivity contribution in [1.82, 2.24) is 15.5 Å². The minimum absolute atomic E-state index is 0.0824. The van der Waals surface area contributed by atoms with Gasteiger partial charge in [-0.05, 0) is 31.2 Å². The zero-order valence-corrected chi connectivity index (χ0v) is 45.1. The average molecular weight is 1000 g/mol. The van der Waals surface area contributed by atoms with E-state index in [1.54, 1.807) is 4.90 Å². The van der Waals surface area contributed by atoms with E-state index in [4.69, 9.17) is 9.84 Å². The first-order chi connectivity index (χ1) is 34.6. The van der Waals surface area contributed by atoms with E-state index in [2.05, 4.69) is 24.5 Å². The molecular weight excluding hydrogens is 895 g/mol. The minimum Gasteiger partial charge on any atom is -0.481 e. The topological polar surface area (TPSA) is 186 Å². The number of aliphatic hydroxyl groups is 3. The zero-order valence-electron chi connectivity index (χ0n) is 45.1. The highest BCUT2D eigenvalue weighted by atomic mass is 16.5. The standard InChI is InChI=1S/C59H105N3O9/c1-3-5-7-9-11-13-15-17-19-21-23-25-27-29-33-40-46-62(53(65)44-38-30-28-26-24-22-20-18-16-14-12-10-8-6-4-2)59-55(57(69)56(68)51(48-63)71-59)61-58(70)50(47-49-41-35-34-36-42-49)60-52(64)43-37-31-32-39-45-54(66)67/h34-36,41-42,50-51,55-57,59,63,68-69H,3-33,37-40,43-48H2,1-2H3,(H,60,64)(H,61,70)(H,66,67)/t50-,51+,55+,56+,57+,59+/m0/s1. The van der Waals surface area contributed by atoms with Crippen LogP contribution in [-0.2, 0) is 30.3 Å². The van der Waals surface area contributed by atoms with Crippen LogP contribution in [0.25, 0.3) is 0 Å². The first kappa shape index (κ1) is 64.1. The van der Waals surface area contributed by atoms with Gasteiger partial charge in [0, 0.05) is 32.2 Å². The van der Waals surface area contributed by atoms with Crippen LogP contribution in [0.2, 0.25) is 0 Å². The molecule has 1 fully saturated rings. The number of ether oxygens (including phenoxy) is 1. The number of carboxylic acids is 1. The molecule has 0 bridgehead atoms. The maximum Gasteiger partial charge on any atom is 0.303 e. The van der Waals surface area contributed by atoms with Crippen molar-refractivity contribution in [2.45, 2.75) is 301 Å². The maximum atomic E-state index is 14.3. The number of hydrogen-bond acceptors (Lipinski definition) is 8. The van der Waals surface area contributed by atoms with Gasteiger partial charge in [0.1, 0.15) is 30.4 Å². The Bertz CT molecular complexity index is 1470. The van der Waals surface area contributed by atoms with Crippen molar-refractivity contribution < 1.29 is 44.3 Å². The number of carbonyl (C=O) groups is 4. The number of unbranched alkanes of at least 4 members (excludes halogenated alkanes) is 32. The number of aliphatic hydroxyl groups excluding tert-OH is 3. The van der Waals surface area contributed by atoms with Crippen molar-refractivity contribution in [3.63, 3.8) is 0 Å². The fourth-order valence-electron chi connectivity index (χ4n) is 10.0. The van der Waals surface area contributed by atoms with E-state index in [0.29, 0.717) is 45.1 Å². The van der Waals surface area contributed by atoms with Crippen LogP contribution >= 0.6 is 0 Å². The summed E-state index contributed by atoms with van der Waals surface area (Å²) in [6.45, 7) is 4.27. The number of benzene rings is 1. The third-order valence-electron chi connectivity index (χ3n) is 14.6. The van der Waals surface area contributed by atoms with E-state index in [0.717, 1.165) is 44.1 Å². The molecule has 1 saturated heterocycles. The zero-order chi connectivity index (χ0) is 51.6.